The van der Waals surface area contributed by atoms with Gasteiger partial charge in [0.2, 0.25) is 5.91 Å². The zero-order valence-corrected chi connectivity index (χ0v) is 20.1. The minimum Gasteiger partial charge on any atom is -0.354 e. The van der Waals surface area contributed by atoms with Gasteiger partial charge in [-0.25, -0.2) is 8.42 Å². The summed E-state index contributed by atoms with van der Waals surface area (Å²) in [6, 6.07) is 13.2. The van der Waals surface area contributed by atoms with Crippen LogP contribution >= 0.6 is 23.4 Å². The number of halogens is 1. The molecule has 0 radical (unpaired) electrons. The van der Waals surface area contributed by atoms with E-state index >= 15 is 0 Å². The molecule has 0 aliphatic heterocycles. The minimum atomic E-state index is -3.95. The first kappa shape index (κ1) is 24.0. The van der Waals surface area contributed by atoms with Crippen LogP contribution in [0.15, 0.2) is 53.4 Å². The maximum atomic E-state index is 13.4. The summed E-state index contributed by atoms with van der Waals surface area (Å²) in [4.78, 5) is 12.8. The number of hydrogen-bond acceptors (Lipinski definition) is 4. The van der Waals surface area contributed by atoms with Crippen LogP contribution in [0.2, 0.25) is 5.02 Å². The van der Waals surface area contributed by atoms with Crippen LogP contribution in [0.3, 0.4) is 0 Å². The van der Waals surface area contributed by atoms with Crippen LogP contribution < -0.4 is 9.62 Å². The van der Waals surface area contributed by atoms with E-state index in [2.05, 4.69) is 5.32 Å². The lowest BCUT2D eigenvalue weighted by atomic mass is 10.0. The van der Waals surface area contributed by atoms with Gasteiger partial charge in [-0.15, -0.1) is 0 Å². The van der Waals surface area contributed by atoms with Crippen molar-refractivity contribution in [1.29, 1.82) is 0 Å². The molecule has 2 aromatic carbocycles. The summed E-state index contributed by atoms with van der Waals surface area (Å²) in [5, 5.41) is 3.82. The van der Waals surface area contributed by atoms with Gasteiger partial charge in [-0.3, -0.25) is 9.10 Å². The van der Waals surface area contributed by atoms with E-state index in [1.165, 1.54) is 32.1 Å². The molecule has 5 nitrogen and oxygen atoms in total. The number of sulfonamides is 1. The summed E-state index contributed by atoms with van der Waals surface area (Å²) in [6.07, 6.45) is 6.38. The highest BCUT2D eigenvalue weighted by molar-refractivity contribution is 7.99. The first-order valence-corrected chi connectivity index (χ1v) is 13.5. The average Bonchev–Trinajstić information content (AvgIpc) is 2.77. The summed E-state index contributed by atoms with van der Waals surface area (Å²) >= 11 is 8.19. The summed E-state index contributed by atoms with van der Waals surface area (Å²) in [5.41, 5.74) is 1.24. The van der Waals surface area contributed by atoms with Crippen molar-refractivity contribution in [2.45, 2.75) is 49.2 Å². The third-order valence-electron chi connectivity index (χ3n) is 5.35. The van der Waals surface area contributed by atoms with Gasteiger partial charge < -0.3 is 5.32 Å². The largest absolute Gasteiger partial charge is 0.354 e. The molecule has 1 fully saturated rings. The molecule has 2 aromatic rings. The zero-order chi connectivity index (χ0) is 22.3. The Morgan fingerprint density at radius 2 is 1.77 bits per heavy atom. The molecule has 1 aliphatic rings. The second kappa shape index (κ2) is 11.2. The quantitative estimate of drug-likeness (QED) is 0.511. The molecular formula is C23H29ClN2O3S2. The highest BCUT2D eigenvalue weighted by Gasteiger charge is 2.28. The number of rotatable bonds is 9. The van der Waals surface area contributed by atoms with Crippen LogP contribution in [0.5, 0.6) is 0 Å². The molecule has 1 aliphatic carbocycles. The van der Waals surface area contributed by atoms with Crippen molar-refractivity contribution in [2.24, 2.45) is 0 Å². The van der Waals surface area contributed by atoms with Crippen LogP contribution in [0.1, 0.15) is 37.7 Å². The third-order valence-corrected chi connectivity index (χ3v) is 8.82. The molecule has 168 valence electrons. The van der Waals surface area contributed by atoms with Gasteiger partial charge in [-0.2, -0.15) is 11.8 Å². The molecule has 1 N–H and O–H groups in total. The zero-order valence-electron chi connectivity index (χ0n) is 17.7. The Morgan fingerprint density at radius 3 is 2.45 bits per heavy atom. The smallest absolute Gasteiger partial charge is 0.264 e. The van der Waals surface area contributed by atoms with Crippen molar-refractivity contribution in [2.75, 3.05) is 23.1 Å². The molecule has 0 unspecified atom stereocenters. The standard InChI is InChI=1S/C23H29ClN2O3S2/c1-18-11-13-20(14-12-18)31(28,29)26(22-10-6-5-9-21(22)24)17-23(27)25-15-16-30-19-7-3-2-4-8-19/h5-6,9-14,19H,2-4,7-8,15-17H2,1H3,(H,25,27). The Morgan fingerprint density at radius 1 is 1.10 bits per heavy atom. The molecule has 1 amide bonds. The molecule has 0 atom stereocenters. The molecule has 0 spiro atoms. The van der Waals surface area contributed by atoms with Crippen molar-refractivity contribution in [1.82, 2.24) is 5.32 Å². The van der Waals surface area contributed by atoms with Gasteiger partial charge in [0.25, 0.3) is 10.0 Å². The van der Waals surface area contributed by atoms with E-state index in [9.17, 15) is 13.2 Å². The topological polar surface area (TPSA) is 66.5 Å². The SMILES string of the molecule is Cc1ccc(S(=O)(=O)N(CC(=O)NCCSC2CCCCC2)c2ccccc2Cl)cc1. The first-order valence-electron chi connectivity index (χ1n) is 10.6. The number of hydrogen-bond donors (Lipinski definition) is 1. The number of thioether (sulfide) groups is 1. The van der Waals surface area contributed by atoms with Crippen molar-refractivity contribution < 1.29 is 13.2 Å². The van der Waals surface area contributed by atoms with Gasteiger partial charge >= 0.3 is 0 Å². The van der Waals surface area contributed by atoms with E-state index in [4.69, 9.17) is 11.6 Å². The third kappa shape index (κ3) is 6.64. The van der Waals surface area contributed by atoms with Crippen LogP contribution in [0.4, 0.5) is 5.69 Å². The lowest BCUT2D eigenvalue weighted by molar-refractivity contribution is -0.119. The summed E-state index contributed by atoms with van der Waals surface area (Å²) in [5.74, 6) is 0.479. The highest BCUT2D eigenvalue weighted by Crippen LogP contribution is 2.30. The monoisotopic (exact) mass is 480 g/mol. The lowest BCUT2D eigenvalue weighted by Gasteiger charge is -2.25. The Labute approximate surface area is 194 Å². The molecular weight excluding hydrogens is 452 g/mol. The number of nitrogens with zero attached hydrogens (tertiary/aromatic N) is 1. The van der Waals surface area contributed by atoms with E-state index in [0.717, 1.165) is 15.6 Å². The molecule has 0 bridgehead atoms. The van der Waals surface area contributed by atoms with Crippen LogP contribution in [0.25, 0.3) is 0 Å². The number of benzene rings is 2. The predicted octanol–water partition coefficient (Wildman–Crippen LogP) is 5.03. The number of carbonyl (C=O) groups excluding carboxylic acids is 1. The maximum absolute atomic E-state index is 13.4. The van der Waals surface area contributed by atoms with E-state index < -0.39 is 10.0 Å². The number of amides is 1. The number of para-hydroxylation sites is 1. The van der Waals surface area contributed by atoms with E-state index in [1.807, 2.05) is 18.7 Å². The number of nitrogens with one attached hydrogen (secondary N) is 1. The van der Waals surface area contributed by atoms with Gasteiger partial charge in [0.15, 0.2) is 0 Å². The Balaban J connectivity index is 1.69. The molecule has 0 heterocycles. The van der Waals surface area contributed by atoms with E-state index in [1.54, 1.807) is 48.5 Å². The molecule has 8 heteroatoms. The van der Waals surface area contributed by atoms with Gasteiger partial charge in [-0.1, -0.05) is 60.7 Å². The Kier molecular flexibility index (Phi) is 8.69. The lowest BCUT2D eigenvalue weighted by Crippen LogP contribution is -2.41. The Bertz CT molecular complexity index is 975. The first-order chi connectivity index (χ1) is 14.9. The molecule has 31 heavy (non-hydrogen) atoms. The van der Waals surface area contributed by atoms with Crippen molar-refractivity contribution in [3.05, 3.63) is 59.1 Å². The fourth-order valence-electron chi connectivity index (χ4n) is 3.63. The summed E-state index contributed by atoms with van der Waals surface area (Å²) < 4.78 is 27.8. The number of carbonyl (C=O) groups is 1. The Hall–Kier alpha value is -1.70. The highest BCUT2D eigenvalue weighted by atomic mass is 35.5. The second-order valence-electron chi connectivity index (χ2n) is 7.76. The number of aryl methyl sites for hydroxylation is 1. The van der Waals surface area contributed by atoms with E-state index in [0.29, 0.717) is 11.8 Å². The minimum absolute atomic E-state index is 0.124. The normalized spacial score (nSPS) is 14.9. The molecule has 1 saturated carbocycles. The summed E-state index contributed by atoms with van der Waals surface area (Å²) in [7, 11) is -3.95. The van der Waals surface area contributed by atoms with Gasteiger partial charge in [0.05, 0.1) is 15.6 Å². The van der Waals surface area contributed by atoms with Crippen molar-refractivity contribution in [3.63, 3.8) is 0 Å². The van der Waals surface area contributed by atoms with Crippen molar-refractivity contribution in [3.8, 4) is 0 Å². The number of anilines is 1. The fourth-order valence-corrected chi connectivity index (χ4v) is 6.57. The van der Waals surface area contributed by atoms with Crippen LogP contribution in [-0.4, -0.2) is 38.4 Å². The van der Waals surface area contributed by atoms with Gasteiger partial charge in [0.1, 0.15) is 6.54 Å². The average molecular weight is 481 g/mol. The summed E-state index contributed by atoms with van der Waals surface area (Å²) in [6.45, 7) is 2.08. The predicted molar refractivity (Wildman–Crippen MR) is 130 cm³/mol. The van der Waals surface area contributed by atoms with Crippen LogP contribution in [0, 0.1) is 6.92 Å². The molecule has 0 aromatic heterocycles. The molecule has 3 rings (SSSR count). The van der Waals surface area contributed by atoms with Crippen molar-refractivity contribution >= 4 is 45.0 Å². The maximum Gasteiger partial charge on any atom is 0.264 e. The second-order valence-corrected chi connectivity index (χ2v) is 11.4. The molecule has 0 saturated heterocycles. The fraction of sp³-hybridized carbons (Fsp3) is 0.435. The van der Waals surface area contributed by atoms with Gasteiger partial charge in [0, 0.05) is 17.5 Å². The van der Waals surface area contributed by atoms with Gasteiger partial charge in [-0.05, 0) is 44.0 Å². The van der Waals surface area contributed by atoms with Crippen LogP contribution in [-0.2, 0) is 14.8 Å². The van der Waals surface area contributed by atoms with E-state index in [-0.39, 0.29) is 28.1 Å².